The molecule has 0 spiro atoms. The van der Waals surface area contributed by atoms with Crippen molar-refractivity contribution in [2.45, 2.75) is 0 Å². The maximum atomic E-state index is 9.50. The van der Waals surface area contributed by atoms with Crippen molar-refractivity contribution >= 4 is 22.6 Å². The molecule has 0 saturated heterocycles. The zero-order valence-electron chi connectivity index (χ0n) is 11.7. The predicted molar refractivity (Wildman–Crippen MR) is 84.3 cm³/mol. The number of ether oxygens (including phenoxy) is 2. The standard InChI is InChI=1S/C18H12N2O2/c19-9-13(12-5-6-17-18(8-12)22-11-21-17)7-14-10-20-16-4-2-1-3-15(14)16/h1-8,10,20H,11H2. The molecule has 0 radical (unpaired) electrons. The Balaban J connectivity index is 1.80. The highest BCUT2D eigenvalue weighted by Crippen LogP contribution is 2.35. The topological polar surface area (TPSA) is 58.0 Å². The monoisotopic (exact) mass is 288 g/mol. The molecule has 1 aliphatic rings. The summed E-state index contributed by atoms with van der Waals surface area (Å²) in [6.07, 6.45) is 3.80. The molecule has 1 aromatic heterocycles. The van der Waals surface area contributed by atoms with Crippen LogP contribution in [0.15, 0.2) is 48.7 Å². The van der Waals surface area contributed by atoms with E-state index < -0.39 is 0 Å². The van der Waals surface area contributed by atoms with Crippen molar-refractivity contribution in [3.8, 4) is 17.6 Å². The average molecular weight is 288 g/mol. The summed E-state index contributed by atoms with van der Waals surface area (Å²) in [7, 11) is 0. The summed E-state index contributed by atoms with van der Waals surface area (Å²) in [4.78, 5) is 3.21. The van der Waals surface area contributed by atoms with Crippen molar-refractivity contribution in [1.29, 1.82) is 5.26 Å². The first kappa shape index (κ1) is 12.5. The summed E-state index contributed by atoms with van der Waals surface area (Å²) in [5.74, 6) is 1.39. The van der Waals surface area contributed by atoms with Gasteiger partial charge in [0.1, 0.15) is 0 Å². The van der Waals surface area contributed by atoms with E-state index in [0.29, 0.717) is 17.1 Å². The van der Waals surface area contributed by atoms with E-state index in [0.717, 1.165) is 22.0 Å². The van der Waals surface area contributed by atoms with Crippen molar-refractivity contribution in [2.75, 3.05) is 6.79 Å². The van der Waals surface area contributed by atoms with Crippen LogP contribution in [0.3, 0.4) is 0 Å². The smallest absolute Gasteiger partial charge is 0.231 e. The second kappa shape index (κ2) is 4.97. The van der Waals surface area contributed by atoms with Gasteiger partial charge in [-0.2, -0.15) is 5.26 Å². The number of hydrogen-bond acceptors (Lipinski definition) is 3. The molecule has 3 aromatic rings. The lowest BCUT2D eigenvalue weighted by Gasteiger charge is -2.01. The molecule has 1 N–H and O–H groups in total. The summed E-state index contributed by atoms with van der Waals surface area (Å²) in [5, 5.41) is 10.6. The maximum absolute atomic E-state index is 9.50. The number of aromatic nitrogens is 1. The van der Waals surface area contributed by atoms with Gasteiger partial charge in [-0.1, -0.05) is 18.2 Å². The fourth-order valence-corrected chi connectivity index (χ4v) is 2.61. The molecule has 106 valence electrons. The van der Waals surface area contributed by atoms with Crippen molar-refractivity contribution in [2.24, 2.45) is 0 Å². The number of hydrogen-bond donors (Lipinski definition) is 1. The summed E-state index contributed by atoms with van der Waals surface area (Å²) < 4.78 is 10.7. The van der Waals surface area contributed by atoms with Crippen LogP contribution in [0.2, 0.25) is 0 Å². The first-order chi connectivity index (χ1) is 10.8. The van der Waals surface area contributed by atoms with E-state index in [4.69, 9.17) is 9.47 Å². The number of rotatable bonds is 2. The van der Waals surface area contributed by atoms with E-state index in [1.54, 1.807) is 0 Å². The minimum absolute atomic E-state index is 0.229. The summed E-state index contributed by atoms with van der Waals surface area (Å²) in [6.45, 7) is 0.229. The minimum atomic E-state index is 0.229. The van der Waals surface area contributed by atoms with Crippen LogP contribution in [0, 0.1) is 11.3 Å². The summed E-state index contributed by atoms with van der Waals surface area (Å²) in [5.41, 5.74) is 3.45. The number of nitrogens with zero attached hydrogens (tertiary/aromatic N) is 1. The number of benzene rings is 2. The van der Waals surface area contributed by atoms with E-state index in [1.807, 2.05) is 54.7 Å². The molecule has 2 aromatic carbocycles. The lowest BCUT2D eigenvalue weighted by atomic mass is 10.0. The van der Waals surface area contributed by atoms with Crippen molar-refractivity contribution < 1.29 is 9.47 Å². The largest absolute Gasteiger partial charge is 0.454 e. The van der Waals surface area contributed by atoms with Gasteiger partial charge in [-0.3, -0.25) is 0 Å². The number of H-pyrrole nitrogens is 1. The van der Waals surface area contributed by atoms with Gasteiger partial charge in [-0.15, -0.1) is 0 Å². The molecular formula is C18H12N2O2. The third kappa shape index (κ3) is 2.00. The number of nitrogens with one attached hydrogen (secondary N) is 1. The van der Waals surface area contributed by atoms with Crippen LogP contribution >= 0.6 is 0 Å². The molecule has 4 nitrogen and oxygen atoms in total. The van der Waals surface area contributed by atoms with Gasteiger partial charge in [0.05, 0.1) is 11.6 Å². The van der Waals surface area contributed by atoms with Crippen LogP contribution in [0.1, 0.15) is 11.1 Å². The Bertz CT molecular complexity index is 932. The Morgan fingerprint density at radius 1 is 1.14 bits per heavy atom. The third-order valence-corrected chi connectivity index (χ3v) is 3.73. The second-order valence-corrected chi connectivity index (χ2v) is 5.03. The zero-order valence-corrected chi connectivity index (χ0v) is 11.7. The molecule has 0 fully saturated rings. The molecule has 0 unspecified atom stereocenters. The molecule has 0 atom stereocenters. The van der Waals surface area contributed by atoms with Gasteiger partial charge in [0.25, 0.3) is 0 Å². The van der Waals surface area contributed by atoms with E-state index in [9.17, 15) is 5.26 Å². The molecule has 22 heavy (non-hydrogen) atoms. The first-order valence-electron chi connectivity index (χ1n) is 6.93. The lowest BCUT2D eigenvalue weighted by molar-refractivity contribution is 0.174. The van der Waals surface area contributed by atoms with Gasteiger partial charge < -0.3 is 14.5 Å². The second-order valence-electron chi connectivity index (χ2n) is 5.03. The summed E-state index contributed by atoms with van der Waals surface area (Å²) in [6, 6.07) is 15.8. The number of nitriles is 1. The van der Waals surface area contributed by atoms with Crippen LogP contribution in [-0.4, -0.2) is 11.8 Å². The first-order valence-corrected chi connectivity index (χ1v) is 6.93. The van der Waals surface area contributed by atoms with Crippen molar-refractivity contribution in [3.63, 3.8) is 0 Å². The molecule has 4 rings (SSSR count). The van der Waals surface area contributed by atoms with Gasteiger partial charge >= 0.3 is 0 Å². The summed E-state index contributed by atoms with van der Waals surface area (Å²) >= 11 is 0. The highest BCUT2D eigenvalue weighted by molar-refractivity contribution is 5.97. The van der Waals surface area contributed by atoms with E-state index in [-0.39, 0.29) is 6.79 Å². The minimum Gasteiger partial charge on any atom is -0.454 e. The lowest BCUT2D eigenvalue weighted by Crippen LogP contribution is -1.92. The van der Waals surface area contributed by atoms with Crippen LogP contribution < -0.4 is 9.47 Å². The fourth-order valence-electron chi connectivity index (χ4n) is 2.61. The highest BCUT2D eigenvalue weighted by atomic mass is 16.7. The number of allylic oxidation sites excluding steroid dienone is 1. The Kier molecular flexibility index (Phi) is 2.84. The van der Waals surface area contributed by atoms with Crippen molar-refractivity contribution in [3.05, 3.63) is 59.8 Å². The molecule has 0 amide bonds. The van der Waals surface area contributed by atoms with Crippen molar-refractivity contribution in [1.82, 2.24) is 4.98 Å². The molecule has 4 heteroatoms. The fraction of sp³-hybridized carbons (Fsp3) is 0.0556. The molecule has 0 bridgehead atoms. The molecule has 2 heterocycles. The van der Waals surface area contributed by atoms with Crippen LogP contribution in [0.5, 0.6) is 11.5 Å². The molecule has 0 aliphatic carbocycles. The Morgan fingerprint density at radius 3 is 2.91 bits per heavy atom. The SMILES string of the molecule is N#CC(=Cc1c[nH]c2ccccc12)c1ccc2c(c1)OCO2. The molecule has 0 saturated carbocycles. The van der Waals surface area contributed by atoms with E-state index >= 15 is 0 Å². The average Bonchev–Trinajstić information content (AvgIpc) is 3.18. The van der Waals surface area contributed by atoms with Gasteiger partial charge in [0.15, 0.2) is 11.5 Å². The van der Waals surface area contributed by atoms with E-state index in [2.05, 4.69) is 11.1 Å². The Morgan fingerprint density at radius 2 is 2.00 bits per heavy atom. The van der Waals surface area contributed by atoms with Crippen LogP contribution in [-0.2, 0) is 0 Å². The zero-order chi connectivity index (χ0) is 14.9. The predicted octanol–water partition coefficient (Wildman–Crippen LogP) is 3.96. The maximum Gasteiger partial charge on any atom is 0.231 e. The molecule has 1 aliphatic heterocycles. The van der Waals surface area contributed by atoms with Gasteiger partial charge in [0.2, 0.25) is 6.79 Å². The quantitative estimate of drug-likeness (QED) is 0.726. The van der Waals surface area contributed by atoms with E-state index in [1.165, 1.54) is 0 Å². The Labute approximate surface area is 127 Å². The highest BCUT2D eigenvalue weighted by Gasteiger charge is 2.15. The third-order valence-electron chi connectivity index (χ3n) is 3.73. The van der Waals surface area contributed by atoms with Crippen LogP contribution in [0.25, 0.3) is 22.6 Å². The number of aromatic amines is 1. The number of para-hydroxylation sites is 1. The van der Waals surface area contributed by atoms with Gasteiger partial charge in [-0.25, -0.2) is 0 Å². The van der Waals surface area contributed by atoms with Gasteiger partial charge in [0, 0.05) is 22.7 Å². The normalized spacial score (nSPS) is 13.3. The Hall–Kier alpha value is -3.19. The molecular weight excluding hydrogens is 276 g/mol. The number of fused-ring (bicyclic) bond motifs is 2. The van der Waals surface area contributed by atoms with Crippen LogP contribution in [0.4, 0.5) is 0 Å². The van der Waals surface area contributed by atoms with Gasteiger partial charge in [-0.05, 0) is 35.9 Å².